The van der Waals surface area contributed by atoms with E-state index in [1.54, 1.807) is 6.20 Å². The molecule has 0 aromatic carbocycles. The molecular weight excluding hydrogens is 232 g/mol. The van der Waals surface area contributed by atoms with Crippen LogP contribution in [0.2, 0.25) is 4.34 Å². The fraction of sp³-hybridized carbons (Fsp3) is 0.300. The summed E-state index contributed by atoms with van der Waals surface area (Å²) in [5, 5.41) is 4.23. The van der Waals surface area contributed by atoms with Gasteiger partial charge < -0.3 is 9.73 Å². The molecule has 0 bridgehead atoms. The normalized spacial score (nSPS) is 10.8. The van der Waals surface area contributed by atoms with Gasteiger partial charge in [-0.2, -0.15) is 0 Å². The number of nitrogens with zero attached hydrogens (tertiary/aromatic N) is 1. The fourth-order valence-corrected chi connectivity index (χ4v) is 2.17. The van der Waals surface area contributed by atoms with Gasteiger partial charge in [-0.3, -0.25) is 0 Å². The molecule has 2 aromatic rings. The van der Waals surface area contributed by atoms with Gasteiger partial charge in [0.1, 0.15) is 20.9 Å². The maximum atomic E-state index is 5.77. The highest BCUT2D eigenvalue weighted by Crippen LogP contribution is 2.17. The molecule has 80 valence electrons. The van der Waals surface area contributed by atoms with Gasteiger partial charge in [0.15, 0.2) is 0 Å². The van der Waals surface area contributed by atoms with E-state index in [9.17, 15) is 0 Å². The van der Waals surface area contributed by atoms with Crippen molar-refractivity contribution in [2.45, 2.75) is 20.0 Å². The molecule has 0 aliphatic rings. The van der Waals surface area contributed by atoms with Gasteiger partial charge in [-0.15, -0.1) is 11.3 Å². The number of hydrogen-bond donors (Lipinski definition) is 1. The first kappa shape index (κ1) is 10.7. The van der Waals surface area contributed by atoms with Crippen molar-refractivity contribution in [1.82, 2.24) is 10.3 Å². The van der Waals surface area contributed by atoms with Crippen molar-refractivity contribution in [3.05, 3.63) is 39.2 Å². The van der Waals surface area contributed by atoms with Gasteiger partial charge in [0.2, 0.25) is 0 Å². The molecule has 5 heteroatoms. The molecule has 15 heavy (non-hydrogen) atoms. The summed E-state index contributed by atoms with van der Waals surface area (Å²) in [5.41, 5.74) is 0. The summed E-state index contributed by atoms with van der Waals surface area (Å²) in [5.74, 6) is 1.87. The third-order valence-corrected chi connectivity index (χ3v) is 3.01. The Labute approximate surface area is 97.1 Å². The van der Waals surface area contributed by atoms with Crippen molar-refractivity contribution in [3.8, 4) is 0 Å². The summed E-state index contributed by atoms with van der Waals surface area (Å²) in [6, 6.07) is 3.93. The Morgan fingerprint density at radius 2 is 2.33 bits per heavy atom. The Hall–Kier alpha value is -0.840. The number of nitrogens with one attached hydrogen (secondary N) is 1. The van der Waals surface area contributed by atoms with Crippen molar-refractivity contribution >= 4 is 22.9 Å². The highest BCUT2D eigenvalue weighted by molar-refractivity contribution is 7.15. The van der Waals surface area contributed by atoms with Crippen LogP contribution < -0.4 is 5.32 Å². The van der Waals surface area contributed by atoms with Crippen LogP contribution in [0.3, 0.4) is 0 Å². The summed E-state index contributed by atoms with van der Waals surface area (Å²) in [6.07, 6.45) is 1.67. The van der Waals surface area contributed by atoms with Crippen LogP contribution in [0, 0.1) is 6.92 Å². The average molecular weight is 243 g/mol. The van der Waals surface area contributed by atoms with Gasteiger partial charge in [-0.05, 0) is 19.1 Å². The van der Waals surface area contributed by atoms with Crippen LogP contribution >= 0.6 is 22.9 Å². The van der Waals surface area contributed by atoms with Gasteiger partial charge in [-0.25, -0.2) is 4.98 Å². The third-order valence-electron chi connectivity index (χ3n) is 1.90. The number of halogens is 1. The van der Waals surface area contributed by atoms with Crippen LogP contribution in [0.4, 0.5) is 0 Å². The zero-order valence-electron chi connectivity index (χ0n) is 8.29. The zero-order chi connectivity index (χ0) is 10.7. The van der Waals surface area contributed by atoms with Gasteiger partial charge in [0.25, 0.3) is 0 Å². The van der Waals surface area contributed by atoms with Crippen molar-refractivity contribution < 1.29 is 4.42 Å². The molecule has 0 saturated heterocycles. The Balaban J connectivity index is 1.80. The van der Waals surface area contributed by atoms with E-state index < -0.39 is 0 Å². The van der Waals surface area contributed by atoms with Crippen LogP contribution in [0.25, 0.3) is 0 Å². The smallest absolute Gasteiger partial charge is 0.117 e. The second kappa shape index (κ2) is 4.79. The summed E-state index contributed by atoms with van der Waals surface area (Å²) < 4.78 is 6.14. The maximum Gasteiger partial charge on any atom is 0.117 e. The molecule has 0 radical (unpaired) electrons. The first-order valence-corrected chi connectivity index (χ1v) is 5.80. The Morgan fingerprint density at radius 3 is 2.93 bits per heavy atom. The van der Waals surface area contributed by atoms with E-state index in [1.807, 2.05) is 19.1 Å². The van der Waals surface area contributed by atoms with Crippen LogP contribution in [0.15, 0.2) is 22.7 Å². The fourth-order valence-electron chi connectivity index (χ4n) is 1.24. The molecule has 2 aromatic heterocycles. The molecule has 0 aliphatic heterocycles. The van der Waals surface area contributed by atoms with Crippen molar-refractivity contribution in [2.24, 2.45) is 0 Å². The number of furan rings is 1. The van der Waals surface area contributed by atoms with Crippen molar-refractivity contribution in [1.29, 1.82) is 0 Å². The molecule has 0 aliphatic carbocycles. The van der Waals surface area contributed by atoms with Crippen molar-refractivity contribution in [3.63, 3.8) is 0 Å². The Morgan fingerprint density at radius 1 is 1.47 bits per heavy atom. The van der Waals surface area contributed by atoms with Gasteiger partial charge in [-0.1, -0.05) is 11.6 Å². The molecular formula is C10H11ClN2OS. The minimum atomic E-state index is 0.713. The highest BCUT2D eigenvalue weighted by Gasteiger charge is 2.01. The lowest BCUT2D eigenvalue weighted by Gasteiger charge is -1.98. The minimum Gasteiger partial charge on any atom is -0.465 e. The van der Waals surface area contributed by atoms with E-state index in [0.717, 1.165) is 27.4 Å². The van der Waals surface area contributed by atoms with Crippen LogP contribution in [-0.4, -0.2) is 4.98 Å². The quantitative estimate of drug-likeness (QED) is 0.896. The monoisotopic (exact) mass is 242 g/mol. The van der Waals surface area contributed by atoms with Gasteiger partial charge >= 0.3 is 0 Å². The van der Waals surface area contributed by atoms with Crippen LogP contribution in [0.5, 0.6) is 0 Å². The lowest BCUT2D eigenvalue weighted by atomic mass is 10.4. The van der Waals surface area contributed by atoms with E-state index in [2.05, 4.69) is 10.3 Å². The zero-order valence-corrected chi connectivity index (χ0v) is 9.86. The topological polar surface area (TPSA) is 38.1 Å². The van der Waals surface area contributed by atoms with E-state index in [0.29, 0.717) is 6.54 Å². The molecule has 1 N–H and O–H groups in total. The molecule has 0 fully saturated rings. The SMILES string of the molecule is Cc1ccc(CNCc2ncc(Cl)s2)o1. The molecule has 0 amide bonds. The number of rotatable bonds is 4. The predicted molar refractivity (Wildman–Crippen MR) is 61.1 cm³/mol. The molecule has 0 saturated carbocycles. The number of aryl methyl sites for hydroxylation is 1. The van der Waals surface area contributed by atoms with E-state index >= 15 is 0 Å². The number of hydrogen-bond acceptors (Lipinski definition) is 4. The summed E-state index contributed by atoms with van der Waals surface area (Å²) in [6.45, 7) is 3.37. The lowest BCUT2D eigenvalue weighted by molar-refractivity contribution is 0.461. The van der Waals surface area contributed by atoms with Gasteiger partial charge in [0, 0.05) is 6.54 Å². The second-order valence-corrected chi connectivity index (χ2v) is 4.92. The molecule has 3 nitrogen and oxygen atoms in total. The average Bonchev–Trinajstić information content (AvgIpc) is 2.76. The largest absolute Gasteiger partial charge is 0.465 e. The first-order chi connectivity index (χ1) is 7.24. The predicted octanol–water partition coefficient (Wildman–Crippen LogP) is 2.99. The standard InChI is InChI=1S/C10H11ClN2OS/c1-7-2-3-8(14-7)4-12-6-10-13-5-9(11)15-10/h2-3,5,12H,4,6H2,1H3. The Bertz CT molecular complexity index is 398. The number of aromatic nitrogens is 1. The maximum absolute atomic E-state index is 5.77. The van der Waals surface area contributed by atoms with Crippen LogP contribution in [-0.2, 0) is 13.1 Å². The third kappa shape index (κ3) is 3.06. The lowest BCUT2D eigenvalue weighted by Crippen LogP contribution is -2.11. The van der Waals surface area contributed by atoms with Crippen molar-refractivity contribution in [2.75, 3.05) is 0 Å². The highest BCUT2D eigenvalue weighted by atomic mass is 35.5. The molecule has 0 atom stereocenters. The number of thiazole rings is 1. The molecule has 0 unspecified atom stereocenters. The summed E-state index contributed by atoms with van der Waals surface area (Å²) in [4.78, 5) is 4.15. The van der Waals surface area contributed by atoms with E-state index in [-0.39, 0.29) is 0 Å². The molecule has 0 spiro atoms. The van der Waals surface area contributed by atoms with Gasteiger partial charge in [0.05, 0.1) is 12.7 Å². The van der Waals surface area contributed by atoms with Crippen LogP contribution in [0.1, 0.15) is 16.5 Å². The summed E-state index contributed by atoms with van der Waals surface area (Å²) >= 11 is 7.26. The second-order valence-electron chi connectivity index (χ2n) is 3.17. The Kier molecular flexibility index (Phi) is 3.41. The minimum absolute atomic E-state index is 0.713. The summed E-state index contributed by atoms with van der Waals surface area (Å²) in [7, 11) is 0. The molecule has 2 rings (SSSR count). The first-order valence-electron chi connectivity index (χ1n) is 4.60. The van der Waals surface area contributed by atoms with E-state index in [1.165, 1.54) is 11.3 Å². The molecule has 2 heterocycles. The van der Waals surface area contributed by atoms with E-state index in [4.69, 9.17) is 16.0 Å².